The topological polar surface area (TPSA) is 12.0 Å². The summed E-state index contributed by atoms with van der Waals surface area (Å²) < 4.78 is 1.06. The van der Waals surface area contributed by atoms with Crippen molar-refractivity contribution in [1.29, 1.82) is 0 Å². The summed E-state index contributed by atoms with van der Waals surface area (Å²) in [6.07, 6.45) is 5.85. The van der Waals surface area contributed by atoms with E-state index in [1.165, 1.54) is 25.7 Å². The molecule has 0 saturated heterocycles. The van der Waals surface area contributed by atoms with Crippen molar-refractivity contribution in [3.63, 3.8) is 0 Å². The Morgan fingerprint density at radius 3 is 2.82 bits per heavy atom. The summed E-state index contributed by atoms with van der Waals surface area (Å²) in [6, 6.07) is 5.94. The number of rotatable bonds is 3. The summed E-state index contributed by atoms with van der Waals surface area (Å²) in [6.45, 7) is 1.11. The van der Waals surface area contributed by atoms with Gasteiger partial charge in [0.1, 0.15) is 0 Å². The molecule has 2 aliphatic rings. The molecule has 3 atom stereocenters. The Morgan fingerprint density at radius 1 is 1.29 bits per heavy atom. The Kier molecular flexibility index (Phi) is 3.36. The van der Waals surface area contributed by atoms with Crippen molar-refractivity contribution in [1.82, 2.24) is 0 Å². The molecule has 92 valence electrons. The van der Waals surface area contributed by atoms with E-state index in [2.05, 4.69) is 27.3 Å². The zero-order chi connectivity index (χ0) is 11.8. The Balaban J connectivity index is 1.60. The summed E-state index contributed by atoms with van der Waals surface area (Å²) in [5, 5.41) is 4.34. The lowest BCUT2D eigenvalue weighted by atomic mass is 9.89. The summed E-state index contributed by atoms with van der Waals surface area (Å²) in [4.78, 5) is 0. The quantitative estimate of drug-likeness (QED) is 0.832. The summed E-state index contributed by atoms with van der Waals surface area (Å²) >= 11 is 9.49. The molecule has 0 aliphatic heterocycles. The third-order valence-corrected chi connectivity index (χ3v) is 5.26. The van der Waals surface area contributed by atoms with Gasteiger partial charge in [-0.15, -0.1) is 0 Å². The molecule has 0 amide bonds. The van der Waals surface area contributed by atoms with Gasteiger partial charge < -0.3 is 5.32 Å². The summed E-state index contributed by atoms with van der Waals surface area (Å²) in [5.74, 6) is 2.90. The SMILES string of the molecule is Clc1ccc(NCC2CC3CCC2C3)c(Br)c1. The molecule has 1 aromatic rings. The van der Waals surface area contributed by atoms with Crippen LogP contribution in [0, 0.1) is 17.8 Å². The normalized spacial score (nSPS) is 30.8. The lowest BCUT2D eigenvalue weighted by molar-refractivity contribution is 0.348. The first kappa shape index (κ1) is 11.9. The molecule has 0 spiro atoms. The van der Waals surface area contributed by atoms with Crippen LogP contribution < -0.4 is 5.32 Å². The maximum Gasteiger partial charge on any atom is 0.0485 e. The van der Waals surface area contributed by atoms with Crippen LogP contribution in [0.2, 0.25) is 5.02 Å². The summed E-state index contributed by atoms with van der Waals surface area (Å²) in [5.41, 5.74) is 1.16. The largest absolute Gasteiger partial charge is 0.384 e. The first-order valence-electron chi connectivity index (χ1n) is 6.41. The third kappa shape index (κ3) is 2.48. The molecule has 17 heavy (non-hydrogen) atoms. The molecule has 0 radical (unpaired) electrons. The van der Waals surface area contributed by atoms with Crippen molar-refractivity contribution in [2.24, 2.45) is 17.8 Å². The molecule has 0 heterocycles. The number of anilines is 1. The number of nitrogens with one attached hydrogen (secondary N) is 1. The van der Waals surface area contributed by atoms with E-state index >= 15 is 0 Å². The molecule has 0 aromatic heterocycles. The van der Waals surface area contributed by atoms with Crippen LogP contribution in [0.15, 0.2) is 22.7 Å². The number of halogens is 2. The molecule has 1 aromatic carbocycles. The van der Waals surface area contributed by atoms with Crippen molar-refractivity contribution in [2.75, 3.05) is 11.9 Å². The van der Waals surface area contributed by atoms with Crippen LogP contribution >= 0.6 is 27.5 Å². The maximum atomic E-state index is 5.94. The molecule has 1 N–H and O–H groups in total. The van der Waals surface area contributed by atoms with Crippen LogP contribution in [-0.4, -0.2) is 6.54 Å². The van der Waals surface area contributed by atoms with Crippen LogP contribution in [0.1, 0.15) is 25.7 Å². The molecule has 2 fully saturated rings. The van der Waals surface area contributed by atoms with E-state index in [1.807, 2.05) is 12.1 Å². The molecule has 2 aliphatic carbocycles. The van der Waals surface area contributed by atoms with E-state index in [9.17, 15) is 0 Å². The third-order valence-electron chi connectivity index (χ3n) is 4.37. The smallest absolute Gasteiger partial charge is 0.0485 e. The van der Waals surface area contributed by atoms with Gasteiger partial charge in [0.2, 0.25) is 0 Å². The van der Waals surface area contributed by atoms with E-state index in [0.717, 1.165) is 39.5 Å². The maximum absolute atomic E-state index is 5.94. The first-order valence-corrected chi connectivity index (χ1v) is 7.58. The second kappa shape index (κ2) is 4.81. The zero-order valence-corrected chi connectivity index (χ0v) is 12.1. The van der Waals surface area contributed by atoms with Crippen molar-refractivity contribution >= 4 is 33.2 Å². The van der Waals surface area contributed by atoms with Gasteiger partial charge in [-0.1, -0.05) is 18.0 Å². The van der Waals surface area contributed by atoms with Crippen LogP contribution in [0.5, 0.6) is 0 Å². The highest BCUT2D eigenvalue weighted by molar-refractivity contribution is 9.10. The lowest BCUT2D eigenvalue weighted by Crippen LogP contribution is -2.20. The minimum atomic E-state index is 0.780. The van der Waals surface area contributed by atoms with E-state index in [1.54, 1.807) is 0 Å². The minimum absolute atomic E-state index is 0.780. The molecule has 2 saturated carbocycles. The number of benzene rings is 1. The average molecular weight is 315 g/mol. The first-order chi connectivity index (χ1) is 8.22. The Bertz CT molecular complexity index is 421. The standard InChI is InChI=1S/C14H17BrClN/c15-13-7-12(16)3-4-14(13)17-8-11-6-9-1-2-10(11)5-9/h3-4,7,9-11,17H,1-2,5-6,8H2. The Morgan fingerprint density at radius 2 is 2.18 bits per heavy atom. The number of hydrogen-bond donors (Lipinski definition) is 1. The second-order valence-electron chi connectivity index (χ2n) is 5.44. The van der Waals surface area contributed by atoms with Gasteiger partial charge in [-0.25, -0.2) is 0 Å². The van der Waals surface area contributed by atoms with Gasteiger partial charge in [0.15, 0.2) is 0 Å². The highest BCUT2D eigenvalue weighted by atomic mass is 79.9. The fourth-order valence-electron chi connectivity index (χ4n) is 3.50. The van der Waals surface area contributed by atoms with E-state index in [-0.39, 0.29) is 0 Å². The monoisotopic (exact) mass is 313 g/mol. The van der Waals surface area contributed by atoms with Crippen LogP contribution in [-0.2, 0) is 0 Å². The van der Waals surface area contributed by atoms with E-state index in [0.29, 0.717) is 0 Å². The molecule has 3 unspecified atom stereocenters. The fourth-order valence-corrected chi connectivity index (χ4v) is 4.32. The van der Waals surface area contributed by atoms with Crippen molar-refractivity contribution in [3.05, 3.63) is 27.7 Å². The Labute approximate surface area is 116 Å². The van der Waals surface area contributed by atoms with Crippen molar-refractivity contribution < 1.29 is 0 Å². The van der Waals surface area contributed by atoms with Gasteiger partial charge in [-0.2, -0.15) is 0 Å². The van der Waals surface area contributed by atoms with Gasteiger partial charge in [-0.3, -0.25) is 0 Å². The second-order valence-corrected chi connectivity index (χ2v) is 6.73. The molecular weight excluding hydrogens is 298 g/mol. The molecule has 2 bridgehead atoms. The van der Waals surface area contributed by atoms with Crippen LogP contribution in [0.25, 0.3) is 0 Å². The minimum Gasteiger partial charge on any atom is -0.384 e. The fraction of sp³-hybridized carbons (Fsp3) is 0.571. The summed E-state index contributed by atoms with van der Waals surface area (Å²) in [7, 11) is 0. The van der Waals surface area contributed by atoms with Gasteiger partial charge >= 0.3 is 0 Å². The van der Waals surface area contributed by atoms with E-state index < -0.39 is 0 Å². The van der Waals surface area contributed by atoms with Gasteiger partial charge in [-0.05, 0) is 71.1 Å². The van der Waals surface area contributed by atoms with Crippen molar-refractivity contribution in [3.8, 4) is 0 Å². The molecule has 1 nitrogen and oxygen atoms in total. The number of hydrogen-bond acceptors (Lipinski definition) is 1. The lowest BCUT2D eigenvalue weighted by Gasteiger charge is -2.22. The van der Waals surface area contributed by atoms with E-state index in [4.69, 9.17) is 11.6 Å². The number of fused-ring (bicyclic) bond motifs is 2. The Hall–Kier alpha value is -0.210. The predicted octanol–water partition coefficient (Wildman–Crippen LogP) is 4.95. The zero-order valence-electron chi connectivity index (χ0n) is 9.76. The van der Waals surface area contributed by atoms with Crippen molar-refractivity contribution in [2.45, 2.75) is 25.7 Å². The molecule has 3 heteroatoms. The van der Waals surface area contributed by atoms with Gasteiger partial charge in [0.05, 0.1) is 0 Å². The average Bonchev–Trinajstić information content (AvgIpc) is 2.89. The van der Waals surface area contributed by atoms with Gasteiger partial charge in [0.25, 0.3) is 0 Å². The predicted molar refractivity (Wildman–Crippen MR) is 76.6 cm³/mol. The van der Waals surface area contributed by atoms with Gasteiger partial charge in [0, 0.05) is 21.7 Å². The van der Waals surface area contributed by atoms with Crippen LogP contribution in [0.4, 0.5) is 5.69 Å². The van der Waals surface area contributed by atoms with Crippen LogP contribution in [0.3, 0.4) is 0 Å². The highest BCUT2D eigenvalue weighted by Gasteiger charge is 2.38. The highest BCUT2D eigenvalue weighted by Crippen LogP contribution is 2.48. The molecular formula is C14H17BrClN. The molecule has 3 rings (SSSR count).